The van der Waals surface area contributed by atoms with Crippen molar-refractivity contribution in [1.82, 2.24) is 5.32 Å². The lowest BCUT2D eigenvalue weighted by molar-refractivity contribution is -0.131. The predicted octanol–water partition coefficient (Wildman–Crippen LogP) is -0.610. The van der Waals surface area contributed by atoms with Crippen molar-refractivity contribution < 1.29 is 19.4 Å². The number of nitrogens with one attached hydrogen (secondary N) is 1. The van der Waals surface area contributed by atoms with Gasteiger partial charge in [-0.05, 0) is 0 Å². The van der Waals surface area contributed by atoms with E-state index in [1.165, 1.54) is 0 Å². The monoisotopic (exact) mass is 173 g/mol. The Morgan fingerprint density at radius 1 is 1.75 bits per heavy atom. The second-order valence-electron chi connectivity index (χ2n) is 1.94. The number of aliphatic carboxylic acids is 1. The van der Waals surface area contributed by atoms with E-state index in [4.69, 9.17) is 9.84 Å². The first-order valence-corrected chi connectivity index (χ1v) is 3.36. The van der Waals surface area contributed by atoms with Crippen molar-refractivity contribution in [2.75, 3.05) is 19.8 Å². The van der Waals surface area contributed by atoms with E-state index < -0.39 is 5.97 Å². The number of carbonyl (C=O) groups is 2. The number of hydrogen-bond donors (Lipinski definition) is 2. The summed E-state index contributed by atoms with van der Waals surface area (Å²) in [5, 5.41) is 10.2. The molecular weight excluding hydrogens is 162 g/mol. The average Bonchev–Trinajstić information content (AvgIpc) is 2.07. The van der Waals surface area contributed by atoms with Crippen molar-refractivity contribution >= 4 is 11.9 Å². The molecule has 0 bridgehead atoms. The molecule has 68 valence electrons. The second-order valence-corrected chi connectivity index (χ2v) is 1.94. The molecule has 12 heavy (non-hydrogen) atoms. The fourth-order valence-electron chi connectivity index (χ4n) is 0.479. The minimum absolute atomic E-state index is 0.00810. The summed E-state index contributed by atoms with van der Waals surface area (Å²) in [6.45, 7) is 4.52. The Morgan fingerprint density at radius 3 is 2.50 bits per heavy atom. The predicted molar refractivity (Wildman–Crippen MR) is 41.7 cm³/mol. The molecule has 1 aliphatic rings. The largest absolute Gasteiger partial charge is 0.478 e. The highest BCUT2D eigenvalue weighted by molar-refractivity contribution is 5.78. The third-order valence-electron chi connectivity index (χ3n) is 0.976. The molecule has 0 aliphatic carbocycles. The first kappa shape index (κ1) is 10.6. The van der Waals surface area contributed by atoms with E-state index in [-0.39, 0.29) is 12.5 Å². The summed E-state index contributed by atoms with van der Waals surface area (Å²) in [7, 11) is 0. The number of carbonyl (C=O) groups excluding carboxylic acids is 1. The number of rotatable bonds is 1. The third-order valence-corrected chi connectivity index (χ3v) is 0.976. The zero-order valence-electron chi connectivity index (χ0n) is 6.58. The van der Waals surface area contributed by atoms with Gasteiger partial charge in [0.05, 0.1) is 6.61 Å². The van der Waals surface area contributed by atoms with Crippen LogP contribution in [0, 0.1) is 0 Å². The molecule has 1 amide bonds. The Morgan fingerprint density at radius 2 is 2.33 bits per heavy atom. The van der Waals surface area contributed by atoms with Gasteiger partial charge in [-0.3, -0.25) is 4.79 Å². The molecule has 5 heteroatoms. The highest BCUT2D eigenvalue weighted by atomic mass is 16.5. The summed E-state index contributed by atoms with van der Waals surface area (Å²) in [5.41, 5.74) is 0. The summed E-state index contributed by atoms with van der Waals surface area (Å²) in [5.74, 6) is -0.990. The maximum absolute atomic E-state index is 10.2. The van der Waals surface area contributed by atoms with Gasteiger partial charge in [-0.1, -0.05) is 6.58 Å². The average molecular weight is 173 g/mol. The number of carboxylic acids is 1. The molecular formula is C7H11NO4. The van der Waals surface area contributed by atoms with Crippen LogP contribution in [-0.4, -0.2) is 36.7 Å². The fraction of sp³-hybridized carbons (Fsp3) is 0.429. The van der Waals surface area contributed by atoms with Gasteiger partial charge in [0.2, 0.25) is 5.91 Å². The van der Waals surface area contributed by atoms with Crippen LogP contribution >= 0.6 is 0 Å². The summed E-state index contributed by atoms with van der Waals surface area (Å²) < 4.78 is 4.77. The van der Waals surface area contributed by atoms with E-state index in [2.05, 4.69) is 11.9 Å². The molecule has 2 N–H and O–H groups in total. The second kappa shape index (κ2) is 6.36. The van der Waals surface area contributed by atoms with Crippen LogP contribution in [0.15, 0.2) is 12.7 Å². The lowest BCUT2D eigenvalue weighted by Crippen LogP contribution is -2.36. The lowest BCUT2D eigenvalue weighted by Gasteiger charge is -2.10. The van der Waals surface area contributed by atoms with Crippen LogP contribution < -0.4 is 5.32 Å². The van der Waals surface area contributed by atoms with Crippen LogP contribution in [0.1, 0.15) is 0 Å². The Hall–Kier alpha value is -1.36. The Bertz CT molecular complexity index is 170. The molecule has 0 spiro atoms. The molecule has 1 fully saturated rings. The van der Waals surface area contributed by atoms with Gasteiger partial charge in [-0.15, -0.1) is 0 Å². The molecule has 0 atom stereocenters. The molecule has 1 rings (SSSR count). The van der Waals surface area contributed by atoms with Gasteiger partial charge in [0.1, 0.15) is 6.61 Å². The Balaban J connectivity index is 0.000000217. The van der Waals surface area contributed by atoms with Crippen molar-refractivity contribution in [1.29, 1.82) is 0 Å². The van der Waals surface area contributed by atoms with Crippen molar-refractivity contribution in [3.63, 3.8) is 0 Å². The van der Waals surface area contributed by atoms with Gasteiger partial charge in [-0.2, -0.15) is 0 Å². The quantitative estimate of drug-likeness (QED) is 0.519. The van der Waals surface area contributed by atoms with E-state index in [0.29, 0.717) is 13.2 Å². The maximum Gasteiger partial charge on any atom is 0.327 e. The van der Waals surface area contributed by atoms with E-state index >= 15 is 0 Å². The van der Waals surface area contributed by atoms with Crippen molar-refractivity contribution in [3.8, 4) is 0 Å². The van der Waals surface area contributed by atoms with Crippen LogP contribution in [0.5, 0.6) is 0 Å². The van der Waals surface area contributed by atoms with Crippen LogP contribution in [-0.2, 0) is 14.3 Å². The van der Waals surface area contributed by atoms with Gasteiger partial charge < -0.3 is 15.2 Å². The molecule has 1 aliphatic heterocycles. The fourth-order valence-corrected chi connectivity index (χ4v) is 0.479. The first-order valence-electron chi connectivity index (χ1n) is 3.36. The minimum Gasteiger partial charge on any atom is -0.478 e. The van der Waals surface area contributed by atoms with Crippen LogP contribution in [0.25, 0.3) is 0 Å². The third kappa shape index (κ3) is 6.76. The Labute approximate surface area is 70.0 Å². The minimum atomic E-state index is -0.981. The normalized spacial score (nSPS) is 15.2. The van der Waals surface area contributed by atoms with Gasteiger partial charge >= 0.3 is 5.97 Å². The smallest absolute Gasteiger partial charge is 0.327 e. The number of hydrogen-bond acceptors (Lipinski definition) is 3. The number of ether oxygens (including phenoxy) is 1. The van der Waals surface area contributed by atoms with E-state index in [1.807, 2.05) is 0 Å². The number of carboxylic acid groups (broad SMARTS) is 1. The highest BCUT2D eigenvalue weighted by Crippen LogP contribution is 1.79. The van der Waals surface area contributed by atoms with Crippen LogP contribution in [0.3, 0.4) is 0 Å². The molecule has 1 heterocycles. The first-order chi connectivity index (χ1) is 5.66. The zero-order chi connectivity index (χ0) is 9.40. The van der Waals surface area contributed by atoms with Gasteiger partial charge in [0.15, 0.2) is 0 Å². The van der Waals surface area contributed by atoms with E-state index in [1.54, 1.807) is 0 Å². The van der Waals surface area contributed by atoms with Gasteiger partial charge in [-0.25, -0.2) is 4.79 Å². The molecule has 0 aromatic rings. The van der Waals surface area contributed by atoms with Crippen molar-refractivity contribution in [2.24, 2.45) is 0 Å². The number of amides is 1. The molecule has 0 aromatic heterocycles. The summed E-state index contributed by atoms with van der Waals surface area (Å²) in [4.78, 5) is 19.5. The molecule has 5 nitrogen and oxygen atoms in total. The molecule has 1 saturated heterocycles. The van der Waals surface area contributed by atoms with Gasteiger partial charge in [0.25, 0.3) is 0 Å². The number of morpholine rings is 1. The molecule has 0 unspecified atom stereocenters. The summed E-state index contributed by atoms with van der Waals surface area (Å²) >= 11 is 0. The van der Waals surface area contributed by atoms with Crippen LogP contribution in [0.2, 0.25) is 0 Å². The molecule has 0 saturated carbocycles. The lowest BCUT2D eigenvalue weighted by atomic mass is 10.5. The maximum atomic E-state index is 10.2. The summed E-state index contributed by atoms with van der Waals surface area (Å²) in [6, 6.07) is 0. The van der Waals surface area contributed by atoms with E-state index in [9.17, 15) is 9.59 Å². The van der Waals surface area contributed by atoms with Crippen molar-refractivity contribution in [2.45, 2.75) is 0 Å². The van der Waals surface area contributed by atoms with E-state index in [0.717, 1.165) is 6.08 Å². The standard InChI is InChI=1S/C4H7NO2.C3H4O2/c6-4-3-7-2-1-5-4;1-2-3(4)5/h1-3H2,(H,5,6);2H,1H2,(H,4,5). The van der Waals surface area contributed by atoms with Crippen LogP contribution in [0.4, 0.5) is 0 Å². The topological polar surface area (TPSA) is 75.6 Å². The van der Waals surface area contributed by atoms with Crippen molar-refractivity contribution in [3.05, 3.63) is 12.7 Å². The SMILES string of the molecule is C=CC(=O)O.O=C1COCCN1. The molecule has 0 radical (unpaired) electrons. The van der Waals surface area contributed by atoms with Gasteiger partial charge in [0, 0.05) is 12.6 Å². The molecule has 0 aromatic carbocycles. The highest BCUT2D eigenvalue weighted by Gasteiger charge is 2.04. The summed E-state index contributed by atoms with van der Waals surface area (Å²) in [6.07, 6.45) is 0.833. The Kier molecular flexibility index (Phi) is 5.64. The zero-order valence-corrected chi connectivity index (χ0v) is 6.58.